The van der Waals surface area contributed by atoms with Crippen molar-refractivity contribution in [2.45, 2.75) is 59.1 Å². The lowest BCUT2D eigenvalue weighted by molar-refractivity contribution is -0.148. The molecule has 1 aromatic rings. The number of aromatic nitrogens is 2. The molecule has 0 spiro atoms. The fourth-order valence-electron chi connectivity index (χ4n) is 3.48. The van der Waals surface area contributed by atoms with Gasteiger partial charge in [-0.3, -0.25) is 28.2 Å². The molecule has 2 N–H and O–H groups in total. The summed E-state index contributed by atoms with van der Waals surface area (Å²) in [6.45, 7) is 9.13. The summed E-state index contributed by atoms with van der Waals surface area (Å²) < 4.78 is 37.1. The summed E-state index contributed by atoms with van der Waals surface area (Å²) in [5, 5.41) is 2.90. The van der Waals surface area contributed by atoms with Gasteiger partial charge in [-0.1, -0.05) is 34.6 Å². The molecule has 0 amide bonds. The Bertz CT molecular complexity index is 958. The molecule has 3 heterocycles. The van der Waals surface area contributed by atoms with Crippen molar-refractivity contribution < 1.29 is 27.9 Å². The first-order valence-corrected chi connectivity index (χ1v) is 11.9. The van der Waals surface area contributed by atoms with Crippen molar-refractivity contribution in [2.24, 2.45) is 17.8 Å². The van der Waals surface area contributed by atoms with Gasteiger partial charge in [0, 0.05) is 18.2 Å². The lowest BCUT2D eigenvalue weighted by Gasteiger charge is -2.35. The van der Waals surface area contributed by atoms with Crippen molar-refractivity contribution in [2.75, 3.05) is 13.2 Å². The van der Waals surface area contributed by atoms with Crippen LogP contribution in [0.25, 0.3) is 0 Å². The van der Waals surface area contributed by atoms with Crippen molar-refractivity contribution in [1.82, 2.24) is 14.6 Å². The highest BCUT2D eigenvalue weighted by atomic mass is 31.2. The maximum atomic E-state index is 13.3. The highest BCUT2D eigenvalue weighted by Crippen LogP contribution is 2.54. The fraction of sp³-hybridized carbons (Fsp3) is 0.737. The van der Waals surface area contributed by atoms with Crippen LogP contribution in [0.4, 0.5) is 0 Å². The molecule has 31 heavy (non-hydrogen) atoms. The van der Waals surface area contributed by atoms with Crippen LogP contribution < -0.4 is 16.3 Å². The molecule has 174 valence electrons. The van der Waals surface area contributed by atoms with E-state index >= 15 is 0 Å². The Morgan fingerprint density at radius 1 is 1.35 bits per heavy atom. The van der Waals surface area contributed by atoms with Gasteiger partial charge in [-0.05, 0) is 5.92 Å². The SMILES string of the molecule is CC(C)C(=O)OC[C@@H](N[P@]1(=O)OC[C@H]2O[C@@H](n3ccc(=O)[nH]c3=O)[C@@H](C)[C@@H]2O1)C(C)C. The molecule has 0 aliphatic carbocycles. The molecule has 2 saturated heterocycles. The second kappa shape index (κ2) is 9.38. The Hall–Kier alpha value is -1.78. The van der Waals surface area contributed by atoms with E-state index in [-0.39, 0.29) is 36.9 Å². The van der Waals surface area contributed by atoms with Crippen molar-refractivity contribution in [3.63, 3.8) is 0 Å². The van der Waals surface area contributed by atoms with E-state index in [0.29, 0.717) is 0 Å². The number of fused-ring (bicyclic) bond motifs is 1. The standard InChI is InChI=1S/C19H30N3O8P/c1-10(2)13(8-27-18(24)11(3)4)21-31(26)28-9-14-16(30-31)12(5)17(29-14)22-7-6-15(23)20-19(22)25/h6-7,10-14,16-17H,8-9H2,1-5H3,(H,21,26)(H,20,23,25)/t12-,13+,14+,16-,17+,31-/m0/s1. The number of nitrogens with zero attached hydrogens (tertiary/aromatic N) is 1. The molecule has 12 heteroatoms. The number of aromatic amines is 1. The largest absolute Gasteiger partial charge is 0.464 e. The predicted octanol–water partition coefficient (Wildman–Crippen LogP) is 1.41. The van der Waals surface area contributed by atoms with Crippen LogP contribution in [0.5, 0.6) is 0 Å². The Kier molecular flexibility index (Phi) is 7.22. The molecule has 0 saturated carbocycles. The van der Waals surface area contributed by atoms with Gasteiger partial charge in [0.25, 0.3) is 5.56 Å². The zero-order chi connectivity index (χ0) is 22.9. The topological polar surface area (TPSA) is 138 Å². The van der Waals surface area contributed by atoms with Crippen molar-refractivity contribution in [1.29, 1.82) is 0 Å². The number of ether oxygens (including phenoxy) is 2. The summed E-state index contributed by atoms with van der Waals surface area (Å²) in [5.41, 5.74) is -1.10. The number of carbonyl (C=O) groups is 1. The average molecular weight is 459 g/mol. The number of hydrogen-bond donors (Lipinski definition) is 2. The zero-order valence-electron chi connectivity index (χ0n) is 18.3. The molecule has 11 nitrogen and oxygen atoms in total. The second-order valence-electron chi connectivity index (χ2n) is 8.57. The van der Waals surface area contributed by atoms with Gasteiger partial charge in [-0.25, -0.2) is 14.4 Å². The minimum atomic E-state index is -3.72. The fourth-order valence-corrected chi connectivity index (χ4v) is 5.44. The van der Waals surface area contributed by atoms with Crippen LogP contribution in [0.15, 0.2) is 21.9 Å². The third kappa shape index (κ3) is 5.35. The lowest BCUT2D eigenvalue weighted by atomic mass is 10.0. The molecule has 0 radical (unpaired) electrons. The average Bonchev–Trinajstić information content (AvgIpc) is 3.00. The molecule has 2 aliphatic rings. The van der Waals surface area contributed by atoms with E-state index in [9.17, 15) is 18.9 Å². The summed E-state index contributed by atoms with van der Waals surface area (Å²) in [6, 6.07) is 0.787. The van der Waals surface area contributed by atoms with E-state index in [1.165, 1.54) is 16.8 Å². The van der Waals surface area contributed by atoms with E-state index in [1.54, 1.807) is 13.8 Å². The minimum Gasteiger partial charge on any atom is -0.464 e. The van der Waals surface area contributed by atoms with Crippen molar-refractivity contribution in [3.8, 4) is 0 Å². The van der Waals surface area contributed by atoms with Gasteiger partial charge in [0.2, 0.25) is 0 Å². The molecular formula is C19H30N3O8P. The van der Waals surface area contributed by atoms with Gasteiger partial charge in [-0.2, -0.15) is 0 Å². The normalized spacial score (nSPS) is 31.6. The Morgan fingerprint density at radius 2 is 2.06 bits per heavy atom. The summed E-state index contributed by atoms with van der Waals surface area (Å²) in [5.74, 6) is -0.968. The smallest absolute Gasteiger partial charge is 0.406 e. The van der Waals surface area contributed by atoms with E-state index < -0.39 is 43.5 Å². The van der Waals surface area contributed by atoms with Crippen LogP contribution in [0, 0.1) is 17.8 Å². The van der Waals surface area contributed by atoms with Gasteiger partial charge in [0.15, 0.2) is 0 Å². The molecule has 3 rings (SSSR count). The van der Waals surface area contributed by atoms with E-state index in [0.717, 1.165) is 0 Å². The zero-order valence-corrected chi connectivity index (χ0v) is 19.2. The first-order valence-electron chi connectivity index (χ1n) is 10.3. The molecule has 2 fully saturated rings. The number of esters is 1. The molecule has 1 aromatic heterocycles. The third-order valence-electron chi connectivity index (χ3n) is 5.45. The first-order chi connectivity index (χ1) is 14.5. The number of carbonyl (C=O) groups excluding carboxylic acids is 1. The lowest BCUT2D eigenvalue weighted by Crippen LogP contribution is -2.43. The Balaban J connectivity index is 1.70. The van der Waals surface area contributed by atoms with E-state index in [1.807, 2.05) is 20.8 Å². The number of rotatable bonds is 7. The van der Waals surface area contributed by atoms with Crippen LogP contribution in [0.1, 0.15) is 40.8 Å². The van der Waals surface area contributed by atoms with E-state index in [4.69, 9.17) is 18.5 Å². The summed E-state index contributed by atoms with van der Waals surface area (Å²) >= 11 is 0. The summed E-state index contributed by atoms with van der Waals surface area (Å²) in [4.78, 5) is 37.5. The van der Waals surface area contributed by atoms with Crippen LogP contribution in [0.2, 0.25) is 0 Å². The molecule has 0 unspecified atom stereocenters. The van der Waals surface area contributed by atoms with E-state index in [2.05, 4.69) is 10.1 Å². The molecule has 0 bridgehead atoms. The molecule has 2 aliphatic heterocycles. The van der Waals surface area contributed by atoms with Crippen LogP contribution in [-0.4, -0.2) is 47.0 Å². The Labute approximate surface area is 180 Å². The summed E-state index contributed by atoms with van der Waals surface area (Å²) in [7, 11) is -3.72. The second-order valence-corrected chi connectivity index (χ2v) is 10.3. The third-order valence-corrected chi connectivity index (χ3v) is 7.11. The van der Waals surface area contributed by atoms with Crippen LogP contribution >= 0.6 is 7.75 Å². The van der Waals surface area contributed by atoms with Gasteiger partial charge < -0.3 is 9.47 Å². The quantitative estimate of drug-likeness (QED) is 0.458. The highest BCUT2D eigenvalue weighted by Gasteiger charge is 2.52. The molecular weight excluding hydrogens is 429 g/mol. The monoisotopic (exact) mass is 459 g/mol. The molecule has 6 atom stereocenters. The van der Waals surface area contributed by atoms with Crippen molar-refractivity contribution >= 4 is 13.7 Å². The molecule has 0 aromatic carbocycles. The van der Waals surface area contributed by atoms with Crippen molar-refractivity contribution in [3.05, 3.63) is 33.1 Å². The van der Waals surface area contributed by atoms with Crippen LogP contribution in [-0.2, 0) is 27.9 Å². The van der Waals surface area contributed by atoms with Gasteiger partial charge in [-0.15, -0.1) is 0 Å². The summed E-state index contributed by atoms with van der Waals surface area (Å²) in [6.07, 6.45) is -0.473. The van der Waals surface area contributed by atoms with Gasteiger partial charge in [0.05, 0.1) is 18.6 Å². The maximum absolute atomic E-state index is 13.3. The number of H-pyrrole nitrogens is 1. The first kappa shape index (κ1) is 23.9. The number of hydrogen-bond acceptors (Lipinski definition) is 8. The highest BCUT2D eigenvalue weighted by molar-refractivity contribution is 7.51. The minimum absolute atomic E-state index is 0.00445. The van der Waals surface area contributed by atoms with Gasteiger partial charge in [0.1, 0.15) is 25.0 Å². The maximum Gasteiger partial charge on any atom is 0.406 e. The van der Waals surface area contributed by atoms with Crippen LogP contribution in [0.3, 0.4) is 0 Å². The van der Waals surface area contributed by atoms with Gasteiger partial charge >= 0.3 is 19.4 Å². The predicted molar refractivity (Wildman–Crippen MR) is 110 cm³/mol. The Morgan fingerprint density at radius 3 is 2.68 bits per heavy atom. The number of nitrogens with one attached hydrogen (secondary N) is 2.